The number of furan rings is 1. The van der Waals surface area contributed by atoms with Gasteiger partial charge < -0.3 is 19.0 Å². The summed E-state index contributed by atoms with van der Waals surface area (Å²) in [7, 11) is 1.60. The molecule has 0 fully saturated rings. The van der Waals surface area contributed by atoms with E-state index in [9.17, 15) is 9.90 Å². The number of aliphatic hydroxyl groups excluding tert-OH is 1. The van der Waals surface area contributed by atoms with Gasteiger partial charge in [-0.15, -0.1) is 11.3 Å². The van der Waals surface area contributed by atoms with Crippen LogP contribution in [-0.4, -0.2) is 38.1 Å². The average molecular weight is 503 g/mol. The topological polar surface area (TPSA) is 72.1 Å². The van der Waals surface area contributed by atoms with Gasteiger partial charge in [0.25, 0.3) is 0 Å². The van der Waals surface area contributed by atoms with Crippen molar-refractivity contribution >= 4 is 61.6 Å². The van der Waals surface area contributed by atoms with Gasteiger partial charge in [-0.05, 0) is 59.6 Å². The Labute approximate surface area is 186 Å². The van der Waals surface area contributed by atoms with Gasteiger partial charge in [-0.25, -0.2) is 4.79 Å². The summed E-state index contributed by atoms with van der Waals surface area (Å²) >= 11 is 11.0. The number of halogens is 2. The summed E-state index contributed by atoms with van der Waals surface area (Å²) < 4.78 is 17.3. The molecular formula is C20H21BrClNO5S. The molecule has 1 amide bonds. The van der Waals surface area contributed by atoms with E-state index >= 15 is 0 Å². The molecule has 1 aromatic carbocycles. The number of amides is 1. The zero-order valence-corrected chi connectivity index (χ0v) is 19.1. The lowest BCUT2D eigenvalue weighted by molar-refractivity contribution is 0.156. The molecule has 156 valence electrons. The Balaban J connectivity index is 2.15. The fraction of sp³-hybridized carbons (Fsp3) is 0.350. The van der Waals surface area contributed by atoms with Crippen molar-refractivity contribution in [2.45, 2.75) is 19.4 Å². The number of benzene rings is 1. The third-order valence-electron chi connectivity index (χ3n) is 4.25. The fourth-order valence-electron chi connectivity index (χ4n) is 3.01. The Kier molecular flexibility index (Phi) is 7.59. The number of carbonyl (C=O) groups is 1. The van der Waals surface area contributed by atoms with Crippen molar-refractivity contribution in [3.05, 3.63) is 49.8 Å². The summed E-state index contributed by atoms with van der Waals surface area (Å²) in [5, 5.41) is 12.2. The molecule has 0 saturated heterocycles. The number of fused-ring (bicyclic) bond motifs is 1. The lowest BCUT2D eigenvalue weighted by atomic mass is 10.1. The van der Waals surface area contributed by atoms with Crippen LogP contribution in [-0.2, 0) is 9.47 Å². The van der Waals surface area contributed by atoms with Gasteiger partial charge in [0.15, 0.2) is 5.76 Å². The number of thiophene rings is 1. The van der Waals surface area contributed by atoms with Gasteiger partial charge >= 0.3 is 6.09 Å². The number of rotatable bonds is 8. The van der Waals surface area contributed by atoms with Crippen molar-refractivity contribution in [1.29, 1.82) is 0 Å². The molecule has 3 aromatic rings. The number of nitrogens with zero attached hydrogens (tertiary/aromatic N) is 1. The predicted octanol–water partition coefficient (Wildman–Crippen LogP) is 5.99. The smallest absolute Gasteiger partial charge is 0.414 e. The third kappa shape index (κ3) is 4.95. The maximum atomic E-state index is 12.8. The van der Waals surface area contributed by atoms with E-state index in [0.29, 0.717) is 46.1 Å². The molecule has 3 rings (SSSR count). The molecular weight excluding hydrogens is 482 g/mol. The standard InChI is InChI=1S/C20H21BrClNO5S/c1-3-27-20(25)23(9-4-10-26-2)17-13-11-12(22)5-6-14(13)28-19(17)18(24)15-7-8-16(21)29-15/h5-8,11,18,24H,3-4,9-10H2,1-2H3. The Hall–Kier alpha value is -1.58. The second kappa shape index (κ2) is 9.95. The molecule has 0 saturated carbocycles. The minimum absolute atomic E-state index is 0.228. The summed E-state index contributed by atoms with van der Waals surface area (Å²) in [6, 6.07) is 8.81. The monoisotopic (exact) mass is 501 g/mol. The maximum Gasteiger partial charge on any atom is 0.414 e. The lowest BCUT2D eigenvalue weighted by Gasteiger charge is -2.23. The van der Waals surface area contributed by atoms with Gasteiger partial charge in [-0.1, -0.05) is 11.6 Å². The van der Waals surface area contributed by atoms with E-state index in [4.69, 9.17) is 25.5 Å². The van der Waals surface area contributed by atoms with Crippen LogP contribution in [0.5, 0.6) is 0 Å². The molecule has 2 heterocycles. The quantitative estimate of drug-likeness (QED) is 0.383. The Morgan fingerprint density at radius 1 is 1.38 bits per heavy atom. The number of carbonyl (C=O) groups excluding carboxylic acids is 1. The first-order valence-corrected chi connectivity index (χ1v) is 11.0. The second-order valence-corrected chi connectivity index (χ2v) is 9.13. The number of methoxy groups -OCH3 is 1. The van der Waals surface area contributed by atoms with E-state index in [1.807, 2.05) is 12.1 Å². The van der Waals surface area contributed by atoms with E-state index < -0.39 is 12.2 Å². The second-order valence-electron chi connectivity index (χ2n) is 6.20. The minimum atomic E-state index is -1.05. The van der Waals surface area contributed by atoms with Crippen LogP contribution in [0.3, 0.4) is 0 Å². The average Bonchev–Trinajstić information content (AvgIpc) is 3.28. The molecule has 1 N–H and O–H groups in total. The van der Waals surface area contributed by atoms with E-state index in [0.717, 1.165) is 3.79 Å². The van der Waals surface area contributed by atoms with Crippen molar-refractivity contribution < 1.29 is 23.8 Å². The summed E-state index contributed by atoms with van der Waals surface area (Å²) in [4.78, 5) is 14.9. The number of anilines is 1. The highest BCUT2D eigenvalue weighted by molar-refractivity contribution is 9.11. The van der Waals surface area contributed by atoms with Crippen molar-refractivity contribution in [3.63, 3.8) is 0 Å². The van der Waals surface area contributed by atoms with Crippen LogP contribution in [0.2, 0.25) is 5.02 Å². The zero-order valence-electron chi connectivity index (χ0n) is 16.0. The highest BCUT2D eigenvalue weighted by atomic mass is 79.9. The molecule has 2 aromatic heterocycles. The van der Waals surface area contributed by atoms with E-state index in [1.165, 1.54) is 16.2 Å². The Bertz CT molecular complexity index is 989. The van der Waals surface area contributed by atoms with Gasteiger partial charge in [0.1, 0.15) is 11.7 Å². The Morgan fingerprint density at radius 2 is 2.17 bits per heavy atom. The van der Waals surface area contributed by atoms with E-state index in [1.54, 1.807) is 32.2 Å². The molecule has 1 atom stereocenters. The summed E-state index contributed by atoms with van der Waals surface area (Å²) in [5.41, 5.74) is 0.976. The fourth-order valence-corrected chi connectivity index (χ4v) is 4.59. The van der Waals surface area contributed by atoms with Gasteiger partial charge in [0, 0.05) is 35.5 Å². The first-order chi connectivity index (χ1) is 14.0. The summed E-state index contributed by atoms with van der Waals surface area (Å²) in [5.74, 6) is 0.266. The minimum Gasteiger partial charge on any atom is -0.456 e. The van der Waals surface area contributed by atoms with Crippen LogP contribution in [0.4, 0.5) is 10.5 Å². The normalized spacial score (nSPS) is 12.3. The molecule has 9 heteroatoms. The van der Waals surface area contributed by atoms with Gasteiger partial charge in [0.2, 0.25) is 0 Å². The first kappa shape index (κ1) is 22.1. The number of aliphatic hydroxyl groups is 1. The molecule has 0 aliphatic carbocycles. The van der Waals surface area contributed by atoms with Crippen LogP contribution in [0.25, 0.3) is 11.0 Å². The molecule has 0 spiro atoms. The molecule has 0 aliphatic rings. The Morgan fingerprint density at radius 3 is 2.83 bits per heavy atom. The lowest BCUT2D eigenvalue weighted by Crippen LogP contribution is -2.33. The summed E-state index contributed by atoms with van der Waals surface area (Å²) in [6.07, 6.45) is -0.984. The van der Waals surface area contributed by atoms with E-state index in [-0.39, 0.29) is 12.4 Å². The molecule has 0 aliphatic heterocycles. The van der Waals surface area contributed by atoms with Crippen molar-refractivity contribution in [2.75, 3.05) is 31.8 Å². The van der Waals surface area contributed by atoms with Crippen molar-refractivity contribution in [1.82, 2.24) is 0 Å². The number of hydrogen-bond donors (Lipinski definition) is 1. The van der Waals surface area contributed by atoms with Gasteiger partial charge in [0.05, 0.1) is 16.1 Å². The van der Waals surface area contributed by atoms with Crippen molar-refractivity contribution in [3.8, 4) is 0 Å². The third-order valence-corrected chi connectivity index (χ3v) is 6.16. The molecule has 6 nitrogen and oxygen atoms in total. The molecule has 1 unspecified atom stereocenters. The first-order valence-electron chi connectivity index (χ1n) is 9.04. The van der Waals surface area contributed by atoms with E-state index in [2.05, 4.69) is 15.9 Å². The molecule has 0 bridgehead atoms. The largest absolute Gasteiger partial charge is 0.456 e. The molecule has 29 heavy (non-hydrogen) atoms. The number of hydrogen-bond acceptors (Lipinski definition) is 6. The SMILES string of the molecule is CCOC(=O)N(CCCOC)c1c(C(O)c2ccc(Br)s2)oc2ccc(Cl)cc12. The summed E-state index contributed by atoms with van der Waals surface area (Å²) in [6.45, 7) is 2.78. The van der Waals surface area contributed by atoms with Gasteiger partial charge in [-0.3, -0.25) is 4.90 Å². The molecule has 0 radical (unpaired) electrons. The van der Waals surface area contributed by atoms with Crippen LogP contribution in [0.15, 0.2) is 38.5 Å². The highest BCUT2D eigenvalue weighted by Crippen LogP contribution is 2.42. The van der Waals surface area contributed by atoms with Crippen LogP contribution in [0.1, 0.15) is 30.1 Å². The van der Waals surface area contributed by atoms with Crippen LogP contribution in [0, 0.1) is 0 Å². The maximum absolute atomic E-state index is 12.8. The van der Waals surface area contributed by atoms with Crippen molar-refractivity contribution in [2.24, 2.45) is 0 Å². The van der Waals surface area contributed by atoms with Crippen LogP contribution < -0.4 is 4.90 Å². The zero-order chi connectivity index (χ0) is 21.0. The number of ether oxygens (including phenoxy) is 2. The highest BCUT2D eigenvalue weighted by Gasteiger charge is 2.30. The van der Waals surface area contributed by atoms with Gasteiger partial charge in [-0.2, -0.15) is 0 Å². The predicted molar refractivity (Wildman–Crippen MR) is 118 cm³/mol. The van der Waals surface area contributed by atoms with Crippen LogP contribution >= 0.6 is 38.9 Å².